The molecule has 3 nitrogen and oxygen atoms in total. The Kier molecular flexibility index (Phi) is 6.58. The molecule has 0 bridgehead atoms. The minimum atomic E-state index is -2.22. The summed E-state index contributed by atoms with van der Waals surface area (Å²) >= 11 is 0. The van der Waals surface area contributed by atoms with Gasteiger partial charge in [-0.05, 0) is 49.5 Å². The van der Waals surface area contributed by atoms with Crippen LogP contribution in [0.3, 0.4) is 0 Å². The molecular weight excluding hydrogens is 286 g/mol. The second-order valence-electron chi connectivity index (χ2n) is 6.05. The van der Waals surface area contributed by atoms with E-state index in [1.165, 1.54) is 5.56 Å². The number of piperidine rings is 1. The first-order chi connectivity index (χ1) is 10.6. The topological polar surface area (TPSA) is 24.5 Å². The molecule has 1 aromatic carbocycles. The molecule has 0 aliphatic carbocycles. The number of hydrogen-bond acceptors (Lipinski definition) is 3. The van der Waals surface area contributed by atoms with Gasteiger partial charge in [0.25, 0.3) is 6.43 Å². The summed E-state index contributed by atoms with van der Waals surface area (Å²) in [5.41, 5.74) is 1.28. The van der Waals surface area contributed by atoms with Crippen molar-refractivity contribution >= 4 is 0 Å². The van der Waals surface area contributed by atoms with Crippen molar-refractivity contribution in [1.29, 1.82) is 0 Å². The lowest BCUT2D eigenvalue weighted by atomic mass is 9.99. The van der Waals surface area contributed by atoms with Crippen LogP contribution in [0.25, 0.3) is 0 Å². The molecule has 1 N–H and O–H groups in total. The normalized spacial score (nSPS) is 18.6. The largest absolute Gasteiger partial charge is 0.497 e. The molecule has 1 heterocycles. The summed E-state index contributed by atoms with van der Waals surface area (Å²) in [6, 6.07) is 8.59. The Hall–Kier alpha value is -1.20. The zero-order valence-corrected chi connectivity index (χ0v) is 13.4. The molecule has 5 heteroatoms. The molecule has 0 radical (unpaired) electrons. The highest BCUT2D eigenvalue weighted by Crippen LogP contribution is 2.19. The van der Waals surface area contributed by atoms with Gasteiger partial charge in [-0.3, -0.25) is 4.90 Å². The smallest absolute Gasteiger partial charge is 0.251 e. The fourth-order valence-corrected chi connectivity index (χ4v) is 2.91. The van der Waals surface area contributed by atoms with E-state index >= 15 is 0 Å². The predicted octanol–water partition coefficient (Wildman–Crippen LogP) is 3.12. The zero-order valence-electron chi connectivity index (χ0n) is 13.4. The van der Waals surface area contributed by atoms with Gasteiger partial charge in [0, 0.05) is 12.6 Å². The molecule has 124 valence electrons. The first-order valence-electron chi connectivity index (χ1n) is 7.96. The maximum atomic E-state index is 12.3. The van der Waals surface area contributed by atoms with Crippen molar-refractivity contribution in [3.8, 4) is 5.75 Å². The van der Waals surface area contributed by atoms with Gasteiger partial charge in [0.15, 0.2) is 0 Å². The van der Waals surface area contributed by atoms with Gasteiger partial charge in [-0.15, -0.1) is 0 Å². The molecule has 0 saturated carbocycles. The van der Waals surface area contributed by atoms with E-state index in [2.05, 4.69) is 24.4 Å². The van der Waals surface area contributed by atoms with Crippen molar-refractivity contribution in [3.63, 3.8) is 0 Å². The van der Waals surface area contributed by atoms with Crippen LogP contribution < -0.4 is 10.1 Å². The number of nitrogens with one attached hydrogen (secondary N) is 1. The summed E-state index contributed by atoms with van der Waals surface area (Å²) < 4.78 is 29.9. The summed E-state index contributed by atoms with van der Waals surface area (Å²) in [6.07, 6.45) is -0.330. The van der Waals surface area contributed by atoms with Crippen molar-refractivity contribution in [2.45, 2.75) is 38.2 Å². The molecular formula is C17H26F2N2O. The SMILES string of the molecule is COc1ccc([C@@H](C)CNC2CCN(CC(F)F)CC2)cc1. The zero-order chi connectivity index (χ0) is 15.9. The van der Waals surface area contributed by atoms with Gasteiger partial charge in [0.1, 0.15) is 5.75 Å². The average Bonchev–Trinajstić information content (AvgIpc) is 2.53. The number of benzene rings is 1. The number of rotatable bonds is 7. The third-order valence-electron chi connectivity index (χ3n) is 4.38. The number of halogens is 2. The second-order valence-corrected chi connectivity index (χ2v) is 6.05. The second kappa shape index (κ2) is 8.44. The van der Waals surface area contributed by atoms with Gasteiger partial charge >= 0.3 is 0 Å². The molecule has 0 spiro atoms. The highest BCUT2D eigenvalue weighted by Gasteiger charge is 2.21. The molecule has 22 heavy (non-hydrogen) atoms. The Bertz CT molecular complexity index is 431. The monoisotopic (exact) mass is 312 g/mol. The highest BCUT2D eigenvalue weighted by atomic mass is 19.3. The molecule has 1 fully saturated rings. The van der Waals surface area contributed by atoms with Crippen LogP contribution in [0, 0.1) is 0 Å². The highest BCUT2D eigenvalue weighted by molar-refractivity contribution is 5.29. The molecule has 1 aromatic rings. The lowest BCUT2D eigenvalue weighted by molar-refractivity contribution is 0.0730. The summed E-state index contributed by atoms with van der Waals surface area (Å²) in [5.74, 6) is 1.29. The Balaban J connectivity index is 1.71. The average molecular weight is 312 g/mol. The van der Waals surface area contributed by atoms with E-state index in [0.717, 1.165) is 38.2 Å². The summed E-state index contributed by atoms with van der Waals surface area (Å²) in [4.78, 5) is 1.86. The minimum absolute atomic E-state index is 0.0883. The number of methoxy groups -OCH3 is 1. The molecule has 2 rings (SSSR count). The Labute approximate surface area is 131 Å². The van der Waals surface area contributed by atoms with Crippen LogP contribution in [0.4, 0.5) is 8.78 Å². The van der Waals surface area contributed by atoms with Crippen LogP contribution in [0.2, 0.25) is 0 Å². The number of nitrogens with zero attached hydrogens (tertiary/aromatic N) is 1. The van der Waals surface area contributed by atoms with Crippen molar-refractivity contribution < 1.29 is 13.5 Å². The number of ether oxygens (including phenoxy) is 1. The Morgan fingerprint density at radius 2 is 1.86 bits per heavy atom. The predicted molar refractivity (Wildman–Crippen MR) is 84.9 cm³/mol. The standard InChI is InChI=1S/C17H26F2N2O/c1-13(14-3-5-16(22-2)6-4-14)11-20-15-7-9-21(10-8-15)12-17(18)19/h3-6,13,15,17,20H,7-12H2,1-2H3/t13-/m0/s1. The van der Waals surface area contributed by atoms with Gasteiger partial charge in [-0.25, -0.2) is 8.78 Å². The van der Waals surface area contributed by atoms with Crippen molar-refractivity contribution in [1.82, 2.24) is 10.2 Å². The van der Waals surface area contributed by atoms with E-state index < -0.39 is 6.43 Å². The Morgan fingerprint density at radius 1 is 1.23 bits per heavy atom. The number of likely N-dealkylation sites (tertiary alicyclic amines) is 1. The summed E-state index contributed by atoms with van der Waals surface area (Å²) in [5, 5.41) is 3.58. The first-order valence-corrected chi connectivity index (χ1v) is 7.96. The van der Waals surface area contributed by atoms with Crippen LogP contribution in [0.5, 0.6) is 5.75 Å². The van der Waals surface area contributed by atoms with Crippen molar-refractivity contribution in [2.24, 2.45) is 0 Å². The van der Waals surface area contributed by atoms with Crippen LogP contribution in [0.1, 0.15) is 31.2 Å². The van der Waals surface area contributed by atoms with Crippen LogP contribution in [-0.2, 0) is 0 Å². The van der Waals surface area contributed by atoms with E-state index in [1.54, 1.807) is 7.11 Å². The summed E-state index contributed by atoms with van der Waals surface area (Å²) in [7, 11) is 1.67. The van der Waals surface area contributed by atoms with E-state index in [0.29, 0.717) is 12.0 Å². The van der Waals surface area contributed by atoms with Crippen molar-refractivity contribution in [3.05, 3.63) is 29.8 Å². The van der Waals surface area contributed by atoms with E-state index in [9.17, 15) is 8.78 Å². The van der Waals surface area contributed by atoms with E-state index in [1.807, 2.05) is 17.0 Å². The maximum absolute atomic E-state index is 12.3. The third kappa shape index (κ3) is 5.21. The van der Waals surface area contributed by atoms with Crippen molar-refractivity contribution in [2.75, 3.05) is 33.3 Å². The van der Waals surface area contributed by atoms with Gasteiger partial charge < -0.3 is 10.1 Å². The molecule has 1 atom stereocenters. The fraction of sp³-hybridized carbons (Fsp3) is 0.647. The van der Waals surface area contributed by atoms with Gasteiger partial charge in [-0.2, -0.15) is 0 Å². The molecule has 0 aromatic heterocycles. The quantitative estimate of drug-likeness (QED) is 0.837. The number of alkyl halides is 2. The Morgan fingerprint density at radius 3 is 2.41 bits per heavy atom. The lowest BCUT2D eigenvalue weighted by Crippen LogP contribution is -2.44. The lowest BCUT2D eigenvalue weighted by Gasteiger charge is -2.32. The van der Waals surface area contributed by atoms with E-state index in [4.69, 9.17) is 4.74 Å². The molecule has 1 saturated heterocycles. The van der Waals surface area contributed by atoms with Gasteiger partial charge in [0.2, 0.25) is 0 Å². The molecule has 1 aliphatic heterocycles. The fourth-order valence-electron chi connectivity index (χ4n) is 2.91. The van der Waals surface area contributed by atoms with Crippen LogP contribution in [-0.4, -0.2) is 50.7 Å². The molecule has 0 amide bonds. The van der Waals surface area contributed by atoms with Gasteiger partial charge in [-0.1, -0.05) is 19.1 Å². The van der Waals surface area contributed by atoms with E-state index in [-0.39, 0.29) is 6.54 Å². The molecule has 1 aliphatic rings. The van der Waals surface area contributed by atoms with Gasteiger partial charge in [0.05, 0.1) is 13.7 Å². The van der Waals surface area contributed by atoms with Crippen LogP contribution >= 0.6 is 0 Å². The maximum Gasteiger partial charge on any atom is 0.251 e. The first kappa shape index (κ1) is 17.2. The summed E-state index contributed by atoms with van der Waals surface area (Å²) in [6.45, 7) is 4.54. The minimum Gasteiger partial charge on any atom is -0.497 e. The number of hydrogen-bond donors (Lipinski definition) is 1. The third-order valence-corrected chi connectivity index (χ3v) is 4.38. The van der Waals surface area contributed by atoms with Crippen LogP contribution in [0.15, 0.2) is 24.3 Å². The molecule has 0 unspecified atom stereocenters.